The lowest BCUT2D eigenvalue weighted by Gasteiger charge is -2.17. The fourth-order valence-corrected chi connectivity index (χ4v) is 2.24. The van der Waals surface area contributed by atoms with Crippen LogP contribution in [-0.4, -0.2) is 18.5 Å². The summed E-state index contributed by atoms with van der Waals surface area (Å²) in [6, 6.07) is 13.9. The summed E-state index contributed by atoms with van der Waals surface area (Å²) in [7, 11) is 0. The van der Waals surface area contributed by atoms with Crippen molar-refractivity contribution in [2.24, 2.45) is 0 Å². The zero-order valence-electron chi connectivity index (χ0n) is 12.9. The molecule has 2 nitrogen and oxygen atoms in total. The van der Waals surface area contributed by atoms with Gasteiger partial charge in [0.15, 0.2) is 0 Å². The van der Waals surface area contributed by atoms with Crippen LogP contribution in [0, 0.1) is 0 Å². The van der Waals surface area contributed by atoms with E-state index in [2.05, 4.69) is 26.2 Å². The quantitative estimate of drug-likeness (QED) is 0.913. The molecule has 1 N–H and O–H groups in total. The van der Waals surface area contributed by atoms with Gasteiger partial charge in [0.25, 0.3) is 0 Å². The van der Waals surface area contributed by atoms with Gasteiger partial charge in [-0.1, -0.05) is 34.1 Å². The van der Waals surface area contributed by atoms with Gasteiger partial charge in [0.1, 0.15) is 0 Å². The van der Waals surface area contributed by atoms with Gasteiger partial charge < -0.3 is 5.32 Å². The standard InChI is InChI=1S/C15H17BrN2/c1-17-11-9-14(15-4-2-3-10-18-15)12-5-7-13(16)8-6-12/h2-8,10,14,17H,9,11H2,1H3/i1D3. The van der Waals surface area contributed by atoms with Crippen LogP contribution in [-0.2, 0) is 0 Å². The summed E-state index contributed by atoms with van der Waals surface area (Å²) in [6.45, 7) is -1.69. The lowest BCUT2D eigenvalue weighted by molar-refractivity contribution is 0.649. The van der Waals surface area contributed by atoms with Crippen molar-refractivity contribution in [1.82, 2.24) is 10.3 Å². The smallest absolute Gasteiger partial charge is 0.0478 e. The second-order valence-electron chi connectivity index (χ2n) is 4.07. The topological polar surface area (TPSA) is 24.9 Å². The number of pyridine rings is 1. The third-order valence-electron chi connectivity index (χ3n) is 2.88. The molecule has 0 fully saturated rings. The number of rotatable bonds is 5. The van der Waals surface area contributed by atoms with Crippen LogP contribution in [0.2, 0.25) is 0 Å². The molecular weight excluding hydrogens is 288 g/mol. The van der Waals surface area contributed by atoms with Crippen LogP contribution in [0.4, 0.5) is 0 Å². The molecule has 0 amide bonds. The highest BCUT2D eigenvalue weighted by molar-refractivity contribution is 9.10. The summed E-state index contributed by atoms with van der Waals surface area (Å²) in [5.74, 6) is 0.0779. The fourth-order valence-electron chi connectivity index (χ4n) is 1.98. The molecule has 1 unspecified atom stereocenters. The highest BCUT2D eigenvalue weighted by atomic mass is 79.9. The van der Waals surface area contributed by atoms with E-state index in [1.807, 2.05) is 42.5 Å². The third kappa shape index (κ3) is 3.40. The number of nitrogens with one attached hydrogen (secondary N) is 1. The predicted octanol–water partition coefficient (Wildman–Crippen LogP) is 3.59. The van der Waals surface area contributed by atoms with Gasteiger partial charge in [0, 0.05) is 26.4 Å². The van der Waals surface area contributed by atoms with Crippen molar-refractivity contribution in [3.05, 3.63) is 64.4 Å². The zero-order chi connectivity index (χ0) is 15.3. The van der Waals surface area contributed by atoms with Crippen LogP contribution in [0.25, 0.3) is 0 Å². The Morgan fingerprint density at radius 1 is 1.28 bits per heavy atom. The number of hydrogen-bond acceptors (Lipinski definition) is 2. The summed E-state index contributed by atoms with van der Waals surface area (Å²) in [4.78, 5) is 4.41. The Morgan fingerprint density at radius 2 is 2.11 bits per heavy atom. The van der Waals surface area contributed by atoms with Crippen molar-refractivity contribution < 1.29 is 4.11 Å². The molecule has 1 atom stereocenters. The van der Waals surface area contributed by atoms with E-state index in [1.54, 1.807) is 6.20 Å². The van der Waals surface area contributed by atoms with Crippen molar-refractivity contribution in [3.8, 4) is 0 Å². The minimum Gasteiger partial charge on any atom is -0.320 e. The molecule has 1 aromatic heterocycles. The van der Waals surface area contributed by atoms with Crippen LogP contribution in [0.3, 0.4) is 0 Å². The van der Waals surface area contributed by atoms with Crippen LogP contribution >= 0.6 is 15.9 Å². The normalized spacial score (nSPS) is 15.5. The van der Waals surface area contributed by atoms with Crippen LogP contribution in [0.15, 0.2) is 53.1 Å². The first-order valence-corrected chi connectivity index (χ1v) is 6.66. The lowest BCUT2D eigenvalue weighted by atomic mass is 9.92. The maximum atomic E-state index is 7.21. The van der Waals surface area contributed by atoms with Crippen molar-refractivity contribution >= 4 is 15.9 Å². The summed E-state index contributed by atoms with van der Waals surface area (Å²) in [5.41, 5.74) is 2.08. The monoisotopic (exact) mass is 307 g/mol. The van der Waals surface area contributed by atoms with E-state index in [4.69, 9.17) is 4.11 Å². The van der Waals surface area contributed by atoms with Crippen molar-refractivity contribution in [2.45, 2.75) is 12.3 Å². The Bertz CT molecular complexity index is 555. The van der Waals surface area contributed by atoms with Crippen LogP contribution < -0.4 is 5.32 Å². The first-order chi connectivity index (χ1) is 9.96. The minimum atomic E-state index is -2.10. The van der Waals surface area contributed by atoms with Gasteiger partial charge in [-0.05, 0) is 49.8 Å². The molecule has 1 aromatic carbocycles. The molecule has 0 spiro atoms. The number of aromatic nitrogens is 1. The van der Waals surface area contributed by atoms with Crippen molar-refractivity contribution in [1.29, 1.82) is 0 Å². The van der Waals surface area contributed by atoms with E-state index in [0.717, 1.165) is 15.7 Å². The highest BCUT2D eigenvalue weighted by Crippen LogP contribution is 2.27. The first kappa shape index (κ1) is 9.70. The van der Waals surface area contributed by atoms with E-state index in [0.29, 0.717) is 13.0 Å². The van der Waals surface area contributed by atoms with E-state index in [1.165, 1.54) is 0 Å². The summed E-state index contributed by atoms with van der Waals surface area (Å²) in [6.07, 6.45) is 2.44. The van der Waals surface area contributed by atoms with Gasteiger partial charge in [-0.2, -0.15) is 0 Å². The summed E-state index contributed by atoms with van der Waals surface area (Å²) in [5, 5.41) is 2.57. The van der Waals surface area contributed by atoms with Crippen molar-refractivity contribution in [2.75, 3.05) is 13.5 Å². The molecule has 0 bridgehead atoms. The minimum absolute atomic E-state index is 0.0779. The lowest BCUT2D eigenvalue weighted by Crippen LogP contribution is -2.13. The largest absolute Gasteiger partial charge is 0.320 e. The van der Waals surface area contributed by atoms with Gasteiger partial charge in [0.05, 0.1) is 0 Å². The van der Waals surface area contributed by atoms with E-state index in [-0.39, 0.29) is 5.92 Å². The molecule has 18 heavy (non-hydrogen) atoms. The van der Waals surface area contributed by atoms with Crippen LogP contribution in [0.5, 0.6) is 0 Å². The molecule has 0 aliphatic rings. The summed E-state index contributed by atoms with van der Waals surface area (Å²) >= 11 is 3.43. The molecule has 0 aliphatic heterocycles. The maximum absolute atomic E-state index is 7.21. The average molecular weight is 308 g/mol. The molecule has 94 valence electrons. The van der Waals surface area contributed by atoms with E-state index in [9.17, 15) is 0 Å². The molecule has 1 heterocycles. The fraction of sp³-hybridized carbons (Fsp3) is 0.267. The van der Waals surface area contributed by atoms with E-state index < -0.39 is 6.98 Å². The number of benzene rings is 1. The molecule has 0 saturated heterocycles. The number of hydrogen-bond donors (Lipinski definition) is 1. The Hall–Kier alpha value is -1.19. The van der Waals surface area contributed by atoms with Crippen molar-refractivity contribution in [3.63, 3.8) is 0 Å². The van der Waals surface area contributed by atoms with Gasteiger partial charge in [-0.15, -0.1) is 0 Å². The molecule has 0 aliphatic carbocycles. The second kappa shape index (κ2) is 6.66. The molecule has 2 rings (SSSR count). The summed E-state index contributed by atoms with van der Waals surface area (Å²) < 4.78 is 22.7. The Kier molecular flexibility index (Phi) is 3.59. The second-order valence-corrected chi connectivity index (χ2v) is 4.99. The first-order valence-electron chi connectivity index (χ1n) is 7.37. The van der Waals surface area contributed by atoms with Crippen LogP contribution in [0.1, 0.15) is 27.7 Å². The maximum Gasteiger partial charge on any atom is 0.0478 e. The molecule has 2 aromatic rings. The average Bonchev–Trinajstić information content (AvgIpc) is 2.45. The Morgan fingerprint density at radius 3 is 2.78 bits per heavy atom. The highest BCUT2D eigenvalue weighted by Gasteiger charge is 2.14. The molecule has 3 heteroatoms. The van der Waals surface area contributed by atoms with Gasteiger partial charge in [0.2, 0.25) is 0 Å². The third-order valence-corrected chi connectivity index (χ3v) is 3.40. The van der Waals surface area contributed by atoms with Gasteiger partial charge in [-0.25, -0.2) is 0 Å². The predicted molar refractivity (Wildman–Crippen MR) is 78.8 cm³/mol. The molecular formula is C15H17BrN2. The number of halogens is 1. The van der Waals surface area contributed by atoms with E-state index >= 15 is 0 Å². The molecule has 0 radical (unpaired) electrons. The number of nitrogens with zero attached hydrogens (tertiary/aromatic N) is 1. The van der Waals surface area contributed by atoms with Gasteiger partial charge in [-0.3, -0.25) is 4.98 Å². The Labute approximate surface area is 121 Å². The Balaban J connectivity index is 2.17. The SMILES string of the molecule is [2H]C([2H])([2H])NCCC(c1ccc(Br)cc1)c1ccccn1. The molecule has 0 saturated carbocycles. The van der Waals surface area contributed by atoms with Gasteiger partial charge >= 0.3 is 0 Å². The zero-order valence-corrected chi connectivity index (χ0v) is 11.5.